The monoisotopic (exact) mass is 709 g/mol. The maximum absolute atomic E-state index is 14.6. The number of amides is 2. The van der Waals surface area contributed by atoms with Crippen LogP contribution in [0.3, 0.4) is 0 Å². The fourth-order valence-corrected chi connectivity index (χ4v) is 6.87. The summed E-state index contributed by atoms with van der Waals surface area (Å²) in [7, 11) is -4.23. The molecule has 0 spiro atoms. The van der Waals surface area contributed by atoms with E-state index in [0.29, 0.717) is 34.5 Å². The molecule has 0 aliphatic heterocycles. The third kappa shape index (κ3) is 9.75. The number of rotatable bonds is 16. The zero-order valence-electron chi connectivity index (χ0n) is 27.4. The van der Waals surface area contributed by atoms with Crippen LogP contribution >= 0.6 is 23.2 Å². The molecule has 0 unspecified atom stereocenters. The molecule has 1 N–H and O–H groups in total. The van der Waals surface area contributed by atoms with Crippen LogP contribution in [0.15, 0.2) is 102 Å². The standard InChI is InChI=1S/C37H41Cl2N3O5S/c1-4-6-22-40-37(44)35(24-28-10-8-7-9-11-28)41(25-29-14-21-33(38)34(39)23-29)36(43)26-42(30-15-17-31(18-16-30)47-5-2)48(45,46)32-19-12-27(3)13-20-32/h7-21,23,35H,4-6,22,24-26H2,1-3H3,(H,40,44)/t35-/m1/s1. The van der Waals surface area contributed by atoms with Crippen molar-refractivity contribution in [2.45, 2.75) is 57.5 Å². The molecule has 0 radical (unpaired) electrons. The van der Waals surface area contributed by atoms with Crippen LogP contribution < -0.4 is 14.4 Å². The van der Waals surface area contributed by atoms with Gasteiger partial charge in [-0.3, -0.25) is 13.9 Å². The number of hydrogen-bond donors (Lipinski definition) is 1. The highest BCUT2D eigenvalue weighted by atomic mass is 35.5. The predicted octanol–water partition coefficient (Wildman–Crippen LogP) is 7.45. The largest absolute Gasteiger partial charge is 0.494 e. The molecule has 2 amide bonds. The Morgan fingerprint density at radius 3 is 2.17 bits per heavy atom. The lowest BCUT2D eigenvalue weighted by molar-refractivity contribution is -0.140. The second-order valence-corrected chi connectivity index (χ2v) is 14.0. The quantitative estimate of drug-likeness (QED) is 0.122. The van der Waals surface area contributed by atoms with Crippen LogP contribution in [0.1, 0.15) is 43.4 Å². The fraction of sp³-hybridized carbons (Fsp3) is 0.297. The van der Waals surface area contributed by atoms with Gasteiger partial charge >= 0.3 is 0 Å². The third-order valence-electron chi connectivity index (χ3n) is 7.76. The first-order valence-corrected chi connectivity index (χ1v) is 18.1. The number of benzene rings is 4. The number of aryl methyl sites for hydroxylation is 1. The molecule has 4 aromatic rings. The molecule has 11 heteroatoms. The van der Waals surface area contributed by atoms with E-state index in [4.69, 9.17) is 27.9 Å². The lowest BCUT2D eigenvalue weighted by Gasteiger charge is -2.34. The molecule has 0 aliphatic rings. The van der Waals surface area contributed by atoms with Gasteiger partial charge in [-0.2, -0.15) is 0 Å². The van der Waals surface area contributed by atoms with E-state index in [0.717, 1.165) is 28.3 Å². The van der Waals surface area contributed by atoms with Crippen molar-refractivity contribution < 1.29 is 22.7 Å². The summed E-state index contributed by atoms with van der Waals surface area (Å²) < 4.78 is 35.1. The van der Waals surface area contributed by atoms with Crippen LogP contribution in [0.5, 0.6) is 5.75 Å². The van der Waals surface area contributed by atoms with Gasteiger partial charge in [0.1, 0.15) is 18.3 Å². The summed E-state index contributed by atoms with van der Waals surface area (Å²) in [6.07, 6.45) is 1.86. The van der Waals surface area contributed by atoms with Gasteiger partial charge in [-0.15, -0.1) is 0 Å². The molecule has 48 heavy (non-hydrogen) atoms. The van der Waals surface area contributed by atoms with Crippen LogP contribution in [-0.2, 0) is 32.6 Å². The molecule has 0 aromatic heterocycles. The normalized spacial score (nSPS) is 11.9. The Labute approximate surface area is 293 Å². The first-order valence-electron chi connectivity index (χ1n) is 15.9. The van der Waals surface area contributed by atoms with E-state index < -0.39 is 28.5 Å². The van der Waals surface area contributed by atoms with Crippen LogP contribution in [0.25, 0.3) is 0 Å². The summed E-state index contributed by atoms with van der Waals surface area (Å²) in [5.74, 6) is -0.347. The Bertz CT molecular complexity index is 1770. The molecule has 4 aromatic carbocycles. The smallest absolute Gasteiger partial charge is 0.264 e. The van der Waals surface area contributed by atoms with Gasteiger partial charge in [-0.05, 0) is 79.9 Å². The van der Waals surface area contributed by atoms with Crippen molar-refractivity contribution in [1.29, 1.82) is 0 Å². The molecule has 254 valence electrons. The number of nitrogens with zero attached hydrogens (tertiary/aromatic N) is 2. The molecule has 1 atom stereocenters. The maximum atomic E-state index is 14.6. The molecule has 0 saturated carbocycles. The molecule has 0 fully saturated rings. The minimum Gasteiger partial charge on any atom is -0.494 e. The molecule has 4 rings (SSSR count). The summed E-state index contributed by atoms with van der Waals surface area (Å²) in [6.45, 7) is 6.04. The average Bonchev–Trinajstić information content (AvgIpc) is 3.08. The van der Waals surface area contributed by atoms with E-state index in [1.54, 1.807) is 54.6 Å². The Hall–Kier alpha value is -4.05. The number of nitrogens with one attached hydrogen (secondary N) is 1. The number of ether oxygens (including phenoxy) is 1. The number of anilines is 1. The van der Waals surface area contributed by atoms with Gasteiger partial charge in [0.2, 0.25) is 11.8 Å². The van der Waals surface area contributed by atoms with Gasteiger partial charge in [0, 0.05) is 19.5 Å². The van der Waals surface area contributed by atoms with E-state index in [1.807, 2.05) is 51.1 Å². The van der Waals surface area contributed by atoms with Crippen molar-refractivity contribution in [3.05, 3.63) is 124 Å². The number of unbranched alkanes of at least 4 members (excludes halogenated alkanes) is 1. The van der Waals surface area contributed by atoms with Crippen molar-refractivity contribution in [3.8, 4) is 5.75 Å². The summed E-state index contributed by atoms with van der Waals surface area (Å²) >= 11 is 12.6. The van der Waals surface area contributed by atoms with Gasteiger partial charge < -0.3 is 15.0 Å². The number of carbonyl (C=O) groups excluding carboxylic acids is 2. The summed E-state index contributed by atoms with van der Waals surface area (Å²) in [4.78, 5) is 30.0. The van der Waals surface area contributed by atoms with E-state index in [2.05, 4.69) is 5.32 Å². The second kappa shape index (κ2) is 17.4. The Morgan fingerprint density at radius 1 is 0.854 bits per heavy atom. The molecule has 8 nitrogen and oxygen atoms in total. The van der Waals surface area contributed by atoms with Gasteiger partial charge in [0.25, 0.3) is 10.0 Å². The SMILES string of the molecule is CCCCNC(=O)[C@@H](Cc1ccccc1)N(Cc1ccc(Cl)c(Cl)c1)C(=O)CN(c1ccc(OCC)cc1)S(=O)(=O)c1ccc(C)cc1. The molecule has 0 bridgehead atoms. The molecular formula is C37H41Cl2N3O5S. The van der Waals surface area contributed by atoms with Crippen LogP contribution in [0.4, 0.5) is 5.69 Å². The minimum atomic E-state index is -4.23. The predicted molar refractivity (Wildman–Crippen MR) is 192 cm³/mol. The highest BCUT2D eigenvalue weighted by Gasteiger charge is 2.34. The van der Waals surface area contributed by atoms with Crippen LogP contribution in [-0.4, -0.2) is 50.9 Å². The Balaban J connectivity index is 1.80. The van der Waals surface area contributed by atoms with Gasteiger partial charge in [-0.25, -0.2) is 8.42 Å². The molecule has 0 heterocycles. The minimum absolute atomic E-state index is 0.0177. The van der Waals surface area contributed by atoms with Crippen LogP contribution in [0.2, 0.25) is 10.0 Å². The van der Waals surface area contributed by atoms with Crippen molar-refractivity contribution in [2.24, 2.45) is 0 Å². The molecular weight excluding hydrogens is 669 g/mol. The number of sulfonamides is 1. The Kier molecular flexibility index (Phi) is 13.3. The van der Waals surface area contributed by atoms with Crippen molar-refractivity contribution in [2.75, 3.05) is 24.0 Å². The highest BCUT2D eigenvalue weighted by molar-refractivity contribution is 7.92. The van der Waals surface area contributed by atoms with Crippen molar-refractivity contribution >= 4 is 50.7 Å². The first-order chi connectivity index (χ1) is 23.0. The number of halogens is 2. The molecule has 0 saturated heterocycles. The fourth-order valence-electron chi connectivity index (χ4n) is 5.14. The van der Waals surface area contributed by atoms with Gasteiger partial charge in [-0.1, -0.05) is 90.6 Å². The van der Waals surface area contributed by atoms with E-state index in [9.17, 15) is 18.0 Å². The van der Waals surface area contributed by atoms with Crippen LogP contribution in [0, 0.1) is 6.92 Å². The topological polar surface area (TPSA) is 96.0 Å². The lowest BCUT2D eigenvalue weighted by Crippen LogP contribution is -2.53. The third-order valence-corrected chi connectivity index (χ3v) is 10.3. The Morgan fingerprint density at radius 2 is 1.54 bits per heavy atom. The molecule has 0 aliphatic carbocycles. The zero-order valence-corrected chi connectivity index (χ0v) is 29.7. The summed E-state index contributed by atoms with van der Waals surface area (Å²) in [5, 5.41) is 3.63. The van der Waals surface area contributed by atoms with Crippen molar-refractivity contribution in [3.63, 3.8) is 0 Å². The maximum Gasteiger partial charge on any atom is 0.264 e. The highest BCUT2D eigenvalue weighted by Crippen LogP contribution is 2.28. The van der Waals surface area contributed by atoms with E-state index in [1.165, 1.54) is 17.0 Å². The average molecular weight is 711 g/mol. The first kappa shape index (κ1) is 36.8. The van der Waals surface area contributed by atoms with E-state index in [-0.39, 0.29) is 29.5 Å². The number of hydrogen-bond acceptors (Lipinski definition) is 5. The lowest BCUT2D eigenvalue weighted by atomic mass is 10.0. The summed E-state index contributed by atoms with van der Waals surface area (Å²) in [6, 6.07) is 26.4. The van der Waals surface area contributed by atoms with Gasteiger partial charge in [0.05, 0.1) is 27.2 Å². The summed E-state index contributed by atoms with van der Waals surface area (Å²) in [5.41, 5.74) is 2.64. The van der Waals surface area contributed by atoms with Crippen molar-refractivity contribution in [1.82, 2.24) is 10.2 Å². The number of carbonyl (C=O) groups is 2. The zero-order chi connectivity index (χ0) is 34.7. The van der Waals surface area contributed by atoms with Gasteiger partial charge in [0.15, 0.2) is 0 Å². The second-order valence-electron chi connectivity index (χ2n) is 11.4. The van der Waals surface area contributed by atoms with E-state index >= 15 is 0 Å².